The van der Waals surface area contributed by atoms with Crippen LogP contribution in [0.3, 0.4) is 0 Å². The lowest BCUT2D eigenvalue weighted by atomic mass is 9.77. The van der Waals surface area contributed by atoms with E-state index in [9.17, 15) is 13.2 Å². The molecule has 2 unspecified atom stereocenters. The zero-order chi connectivity index (χ0) is 25.9. The largest absolute Gasteiger partial charge is 0.421 e. The molecule has 2 rings (SSSR count). The van der Waals surface area contributed by atoms with Crippen molar-refractivity contribution in [2.45, 2.75) is 79.1 Å². The van der Waals surface area contributed by atoms with Gasteiger partial charge in [-0.05, 0) is 30.6 Å². The van der Waals surface area contributed by atoms with Gasteiger partial charge < -0.3 is 22.1 Å². The molecule has 34 heavy (non-hydrogen) atoms. The number of nitrogens with one attached hydrogen (secondary N) is 2. The minimum atomic E-state index is -4.59. The SMILES string of the molecule is CC(Nc1nc(N)ncc1C(F)(F)F)C(C)(C)CCCC(Nc1nc(N)ncc1Cl)C(C)(C)C. The van der Waals surface area contributed by atoms with Gasteiger partial charge in [0.15, 0.2) is 5.82 Å². The molecule has 6 N–H and O–H groups in total. The van der Waals surface area contributed by atoms with Crippen LogP contribution in [-0.4, -0.2) is 32.0 Å². The first kappa shape index (κ1) is 27.7. The van der Waals surface area contributed by atoms with Gasteiger partial charge in [-0.15, -0.1) is 0 Å². The molecule has 0 aliphatic carbocycles. The first-order chi connectivity index (χ1) is 15.5. The van der Waals surface area contributed by atoms with E-state index in [4.69, 9.17) is 23.1 Å². The first-order valence-electron chi connectivity index (χ1n) is 11.0. The van der Waals surface area contributed by atoms with Gasteiger partial charge in [0.2, 0.25) is 11.9 Å². The number of halogens is 4. The van der Waals surface area contributed by atoms with Gasteiger partial charge in [0, 0.05) is 18.3 Å². The smallest absolute Gasteiger partial charge is 0.368 e. The third-order valence-corrected chi connectivity index (χ3v) is 6.35. The van der Waals surface area contributed by atoms with E-state index in [-0.39, 0.29) is 40.6 Å². The Hall–Kier alpha value is -2.56. The van der Waals surface area contributed by atoms with Gasteiger partial charge in [0.25, 0.3) is 0 Å². The van der Waals surface area contributed by atoms with Crippen molar-refractivity contribution in [3.05, 3.63) is 23.0 Å². The normalized spacial score (nSPS) is 14.5. The molecule has 0 aliphatic rings. The number of nitrogens with two attached hydrogens (primary N) is 2. The van der Waals surface area contributed by atoms with Crippen LogP contribution in [0.4, 0.5) is 36.7 Å². The Morgan fingerprint density at radius 2 is 1.50 bits per heavy atom. The molecule has 8 nitrogen and oxygen atoms in total. The topological polar surface area (TPSA) is 128 Å². The second-order valence-electron chi connectivity index (χ2n) is 10.2. The van der Waals surface area contributed by atoms with Crippen molar-refractivity contribution in [2.24, 2.45) is 10.8 Å². The Morgan fingerprint density at radius 3 is 2.06 bits per heavy atom. The number of hydrogen-bond acceptors (Lipinski definition) is 8. The van der Waals surface area contributed by atoms with Gasteiger partial charge in [-0.1, -0.05) is 52.6 Å². The quantitative estimate of drug-likeness (QED) is 0.347. The van der Waals surface area contributed by atoms with Crippen LogP contribution in [-0.2, 0) is 6.18 Å². The summed E-state index contributed by atoms with van der Waals surface area (Å²) in [5, 5.41) is 6.66. The Kier molecular flexibility index (Phi) is 8.44. The molecule has 0 saturated carbocycles. The van der Waals surface area contributed by atoms with Crippen molar-refractivity contribution >= 4 is 35.1 Å². The highest BCUT2D eigenvalue weighted by Crippen LogP contribution is 2.37. The summed E-state index contributed by atoms with van der Waals surface area (Å²) in [6.45, 7) is 12.2. The molecule has 0 spiro atoms. The lowest BCUT2D eigenvalue weighted by molar-refractivity contribution is -0.137. The van der Waals surface area contributed by atoms with Crippen molar-refractivity contribution in [1.82, 2.24) is 19.9 Å². The highest BCUT2D eigenvalue weighted by atomic mass is 35.5. The summed E-state index contributed by atoms with van der Waals surface area (Å²) in [7, 11) is 0. The third kappa shape index (κ3) is 7.48. The van der Waals surface area contributed by atoms with Gasteiger partial charge in [0.05, 0.1) is 6.20 Å². The number of nitrogen functional groups attached to an aromatic ring is 2. The summed E-state index contributed by atoms with van der Waals surface area (Å²) in [4.78, 5) is 15.4. The zero-order valence-corrected chi connectivity index (χ0v) is 21.1. The summed E-state index contributed by atoms with van der Waals surface area (Å²) >= 11 is 6.22. The lowest BCUT2D eigenvalue weighted by Gasteiger charge is -2.36. The average molecular weight is 503 g/mol. The molecule has 12 heteroatoms. The highest BCUT2D eigenvalue weighted by Gasteiger charge is 2.37. The van der Waals surface area contributed by atoms with Crippen LogP contribution in [0, 0.1) is 10.8 Å². The molecule has 2 heterocycles. The summed E-state index contributed by atoms with van der Waals surface area (Å²) in [6.07, 6.45) is -0.0843. The molecular formula is C22H34ClF3N8. The van der Waals surface area contributed by atoms with Crippen molar-refractivity contribution < 1.29 is 13.2 Å². The zero-order valence-electron chi connectivity index (χ0n) is 20.4. The number of rotatable bonds is 9. The number of nitrogens with zero attached hydrogens (tertiary/aromatic N) is 4. The summed E-state index contributed by atoms with van der Waals surface area (Å²) in [5.74, 6) is 0.0722. The van der Waals surface area contributed by atoms with Crippen LogP contribution in [0.15, 0.2) is 12.4 Å². The van der Waals surface area contributed by atoms with Gasteiger partial charge in [0.1, 0.15) is 16.4 Å². The molecular weight excluding hydrogens is 469 g/mol. The van der Waals surface area contributed by atoms with Crippen LogP contribution in [0.5, 0.6) is 0 Å². The molecule has 190 valence electrons. The van der Waals surface area contributed by atoms with Crippen LogP contribution >= 0.6 is 11.6 Å². The predicted molar refractivity (Wildman–Crippen MR) is 130 cm³/mol. The second-order valence-corrected chi connectivity index (χ2v) is 10.6. The first-order valence-corrected chi connectivity index (χ1v) is 11.4. The fourth-order valence-corrected chi connectivity index (χ4v) is 3.61. The number of anilines is 4. The Balaban J connectivity index is 2.08. The minimum absolute atomic E-state index is 0.0249. The van der Waals surface area contributed by atoms with Crippen molar-refractivity contribution in [3.8, 4) is 0 Å². The number of aromatic nitrogens is 4. The average Bonchev–Trinajstić information content (AvgIpc) is 2.68. The second kappa shape index (κ2) is 10.4. The number of alkyl halides is 3. The summed E-state index contributed by atoms with van der Waals surface area (Å²) in [5.41, 5.74) is 9.83. The summed E-state index contributed by atoms with van der Waals surface area (Å²) in [6, 6.07) is -0.295. The van der Waals surface area contributed by atoms with E-state index >= 15 is 0 Å². The maximum Gasteiger partial charge on any atom is 0.421 e. The maximum atomic E-state index is 13.4. The molecule has 0 radical (unpaired) electrons. The molecule has 0 aromatic carbocycles. The molecule has 0 aliphatic heterocycles. The fourth-order valence-electron chi connectivity index (χ4n) is 3.46. The van der Waals surface area contributed by atoms with E-state index in [1.807, 2.05) is 20.8 Å². The summed E-state index contributed by atoms with van der Waals surface area (Å²) < 4.78 is 40.1. The van der Waals surface area contributed by atoms with Gasteiger partial charge in [-0.25, -0.2) is 9.97 Å². The van der Waals surface area contributed by atoms with Crippen LogP contribution in [0.1, 0.15) is 66.4 Å². The fraction of sp³-hybridized carbons (Fsp3) is 0.636. The van der Waals surface area contributed by atoms with E-state index in [0.29, 0.717) is 17.0 Å². The Bertz CT molecular complexity index is 976. The van der Waals surface area contributed by atoms with Crippen molar-refractivity contribution in [3.63, 3.8) is 0 Å². The van der Waals surface area contributed by atoms with E-state index in [0.717, 1.165) is 19.3 Å². The Morgan fingerprint density at radius 1 is 0.941 bits per heavy atom. The van der Waals surface area contributed by atoms with Gasteiger partial charge in [-0.2, -0.15) is 23.1 Å². The number of hydrogen-bond donors (Lipinski definition) is 4. The predicted octanol–water partition coefficient (Wildman–Crippen LogP) is 5.63. The molecule has 2 atom stereocenters. The molecule has 0 saturated heterocycles. The van der Waals surface area contributed by atoms with E-state index in [1.165, 1.54) is 6.20 Å². The highest BCUT2D eigenvalue weighted by molar-refractivity contribution is 6.32. The van der Waals surface area contributed by atoms with E-state index in [1.54, 1.807) is 0 Å². The van der Waals surface area contributed by atoms with Gasteiger partial charge >= 0.3 is 6.18 Å². The molecule has 0 amide bonds. The van der Waals surface area contributed by atoms with E-state index in [2.05, 4.69) is 51.3 Å². The lowest BCUT2D eigenvalue weighted by Crippen LogP contribution is -2.37. The monoisotopic (exact) mass is 502 g/mol. The molecule has 0 bridgehead atoms. The maximum absolute atomic E-state index is 13.4. The standard InChI is InChI=1S/C22H34ClF3N8/c1-12(31-16-13(22(24,25)26)10-29-18(27)33-16)21(5,6)9-7-8-15(20(2,3)4)32-17-14(23)11-30-19(28)34-17/h10-12,15H,7-9H2,1-6H3,(H3,27,29,31,33)(H3,28,30,32,34). The Labute approximate surface area is 203 Å². The molecule has 2 aromatic heterocycles. The van der Waals surface area contributed by atoms with E-state index < -0.39 is 11.7 Å². The van der Waals surface area contributed by atoms with Crippen molar-refractivity contribution in [2.75, 3.05) is 22.1 Å². The minimum Gasteiger partial charge on any atom is -0.368 e. The molecule has 0 fully saturated rings. The third-order valence-electron chi connectivity index (χ3n) is 6.07. The van der Waals surface area contributed by atoms with Gasteiger partial charge in [-0.3, -0.25) is 0 Å². The van der Waals surface area contributed by atoms with Crippen molar-refractivity contribution in [1.29, 1.82) is 0 Å². The molecule has 2 aromatic rings. The van der Waals surface area contributed by atoms with Crippen LogP contribution in [0.2, 0.25) is 5.02 Å². The van der Waals surface area contributed by atoms with Crippen LogP contribution in [0.25, 0.3) is 0 Å². The van der Waals surface area contributed by atoms with Crippen LogP contribution < -0.4 is 22.1 Å².